The maximum atomic E-state index is 13.7. The highest BCUT2D eigenvalue weighted by molar-refractivity contribution is 6.54. The number of rotatable bonds is 5. The van der Waals surface area contributed by atoms with Gasteiger partial charge in [0, 0.05) is 17.7 Å². The van der Waals surface area contributed by atoms with E-state index in [1.807, 2.05) is 0 Å². The average molecular weight is 614 g/mol. The van der Waals surface area contributed by atoms with Crippen LogP contribution in [0.1, 0.15) is 21.8 Å². The number of alkyl halides is 2. The minimum atomic E-state index is -1.45. The number of nitrogens with one attached hydrogen (secondary N) is 2. The first-order chi connectivity index (χ1) is 16.8. The van der Waals surface area contributed by atoms with E-state index in [1.165, 1.54) is 30.3 Å². The molecule has 36 heavy (non-hydrogen) atoms. The summed E-state index contributed by atoms with van der Waals surface area (Å²) in [7, 11) is 0. The van der Waals surface area contributed by atoms with Gasteiger partial charge in [0.15, 0.2) is 5.82 Å². The Labute approximate surface area is 233 Å². The third kappa shape index (κ3) is 5.19. The SMILES string of the molecule is Nc1c(F)cc(F)cc1NC(=O)c1cc(NC(=O)C2[C@H](c3cc(Cl)c(Cl)c(Cl)c3)C2(Cl)Cl)ccc1Cl. The van der Waals surface area contributed by atoms with E-state index < -0.39 is 45.3 Å². The number of nitrogen functional groups attached to an aromatic ring is 1. The van der Waals surface area contributed by atoms with Crippen molar-refractivity contribution in [3.63, 3.8) is 0 Å². The summed E-state index contributed by atoms with van der Waals surface area (Å²) in [6.07, 6.45) is 0. The van der Waals surface area contributed by atoms with Gasteiger partial charge >= 0.3 is 0 Å². The van der Waals surface area contributed by atoms with Gasteiger partial charge in [-0.15, -0.1) is 23.2 Å². The van der Waals surface area contributed by atoms with Gasteiger partial charge < -0.3 is 16.4 Å². The number of anilines is 3. The number of halogens is 8. The van der Waals surface area contributed by atoms with Gasteiger partial charge in [0.1, 0.15) is 10.2 Å². The summed E-state index contributed by atoms with van der Waals surface area (Å²) < 4.78 is 25.8. The van der Waals surface area contributed by atoms with Crippen molar-refractivity contribution in [2.75, 3.05) is 16.4 Å². The van der Waals surface area contributed by atoms with Gasteiger partial charge in [-0.05, 0) is 42.0 Å². The number of hydrogen-bond acceptors (Lipinski definition) is 3. The highest BCUT2D eigenvalue weighted by atomic mass is 35.5. The Kier molecular flexibility index (Phi) is 7.55. The average Bonchev–Trinajstić information content (AvgIpc) is 3.38. The van der Waals surface area contributed by atoms with Crippen LogP contribution in [-0.2, 0) is 4.79 Å². The minimum absolute atomic E-state index is 0.0136. The zero-order valence-corrected chi connectivity index (χ0v) is 22.1. The molecule has 3 aromatic carbocycles. The third-order valence-corrected chi connectivity index (χ3v) is 7.99. The molecule has 4 N–H and O–H groups in total. The largest absolute Gasteiger partial charge is 0.395 e. The molecule has 0 saturated heterocycles. The second kappa shape index (κ2) is 10.0. The molecule has 0 aliphatic heterocycles. The van der Waals surface area contributed by atoms with E-state index >= 15 is 0 Å². The topological polar surface area (TPSA) is 84.2 Å². The summed E-state index contributed by atoms with van der Waals surface area (Å²) in [6, 6.07) is 8.58. The summed E-state index contributed by atoms with van der Waals surface area (Å²) in [5, 5.41) is 5.47. The molecule has 5 nitrogen and oxygen atoms in total. The van der Waals surface area contributed by atoms with Crippen LogP contribution in [0.25, 0.3) is 0 Å². The Balaban J connectivity index is 1.54. The fourth-order valence-electron chi connectivity index (χ4n) is 3.70. The van der Waals surface area contributed by atoms with Crippen LogP contribution in [0, 0.1) is 17.6 Å². The molecule has 0 radical (unpaired) electrons. The maximum Gasteiger partial charge on any atom is 0.257 e. The van der Waals surface area contributed by atoms with Crippen LogP contribution >= 0.6 is 69.6 Å². The summed E-state index contributed by atoms with van der Waals surface area (Å²) in [5.41, 5.74) is 5.46. The van der Waals surface area contributed by atoms with Gasteiger partial charge in [-0.1, -0.05) is 46.4 Å². The fourth-order valence-corrected chi connectivity index (χ4v) is 5.34. The first-order valence-corrected chi connectivity index (χ1v) is 12.3. The lowest BCUT2D eigenvalue weighted by Crippen LogP contribution is -2.18. The van der Waals surface area contributed by atoms with Gasteiger partial charge in [-0.25, -0.2) is 8.78 Å². The number of nitrogens with two attached hydrogens (primary N) is 1. The maximum absolute atomic E-state index is 13.7. The lowest BCUT2D eigenvalue weighted by molar-refractivity contribution is -0.117. The van der Waals surface area contributed by atoms with Crippen LogP contribution in [0.5, 0.6) is 0 Å². The van der Waals surface area contributed by atoms with E-state index in [4.69, 9.17) is 75.3 Å². The Bertz CT molecular complexity index is 1400. The number of carbonyl (C=O) groups is 2. The normalized spacial score (nSPS) is 18.0. The number of carbonyl (C=O) groups excluding carboxylic acids is 2. The van der Waals surface area contributed by atoms with Gasteiger partial charge in [0.05, 0.1) is 42.9 Å². The Morgan fingerprint density at radius 3 is 2.17 bits per heavy atom. The Morgan fingerprint density at radius 1 is 0.889 bits per heavy atom. The summed E-state index contributed by atoms with van der Waals surface area (Å²) in [4.78, 5) is 25.7. The van der Waals surface area contributed by atoms with Gasteiger partial charge in [-0.3, -0.25) is 9.59 Å². The third-order valence-electron chi connectivity index (χ3n) is 5.52. The van der Waals surface area contributed by atoms with Crippen molar-refractivity contribution in [3.05, 3.63) is 85.3 Å². The molecule has 2 atom stereocenters. The fraction of sp³-hybridized carbons (Fsp3) is 0.130. The monoisotopic (exact) mass is 611 g/mol. The van der Waals surface area contributed by atoms with Crippen LogP contribution in [0.15, 0.2) is 42.5 Å². The quantitative estimate of drug-likeness (QED) is 0.155. The summed E-state index contributed by atoms with van der Waals surface area (Å²) in [5.74, 6) is -4.84. The molecule has 188 valence electrons. The molecule has 1 aliphatic rings. The molecular weight excluding hydrogens is 601 g/mol. The van der Waals surface area contributed by atoms with Crippen molar-refractivity contribution in [3.8, 4) is 0 Å². The number of amides is 2. The Morgan fingerprint density at radius 2 is 1.53 bits per heavy atom. The molecule has 1 aliphatic carbocycles. The zero-order chi connectivity index (χ0) is 26.5. The zero-order valence-electron chi connectivity index (χ0n) is 17.6. The second-order valence-corrected chi connectivity index (χ2v) is 11.0. The van der Waals surface area contributed by atoms with Crippen molar-refractivity contribution in [2.45, 2.75) is 10.3 Å². The highest BCUT2D eigenvalue weighted by Gasteiger charge is 2.67. The molecule has 1 fully saturated rings. The molecule has 3 aromatic rings. The lowest BCUT2D eigenvalue weighted by atomic mass is 10.1. The molecule has 0 aromatic heterocycles. The molecule has 2 amide bonds. The Hall–Kier alpha value is -2.00. The standard InChI is InChI=1S/C23H13Cl6F2N3O2/c24-12-2-1-10(7-11(12)21(35)34-16-6-9(30)5-15(31)20(16)32)33-22(36)18-17(23(18,28)29)8-3-13(25)19(27)14(26)4-8/h1-7,17-18H,32H2,(H,33,36)(H,34,35)/t17-,18?/m0/s1. The molecular formula is C23H13Cl6F2N3O2. The molecule has 0 bridgehead atoms. The van der Waals surface area contributed by atoms with E-state index in [1.54, 1.807) is 0 Å². The molecule has 13 heteroatoms. The smallest absolute Gasteiger partial charge is 0.257 e. The van der Waals surface area contributed by atoms with E-state index in [-0.39, 0.29) is 37.0 Å². The molecule has 1 unspecified atom stereocenters. The van der Waals surface area contributed by atoms with E-state index in [2.05, 4.69) is 10.6 Å². The van der Waals surface area contributed by atoms with Crippen LogP contribution in [0.4, 0.5) is 25.8 Å². The minimum Gasteiger partial charge on any atom is -0.395 e. The first kappa shape index (κ1) is 27.0. The molecule has 0 heterocycles. The van der Waals surface area contributed by atoms with Crippen LogP contribution in [0.2, 0.25) is 20.1 Å². The van der Waals surface area contributed by atoms with Crippen molar-refractivity contribution in [1.82, 2.24) is 0 Å². The van der Waals surface area contributed by atoms with Crippen molar-refractivity contribution >= 4 is 98.5 Å². The van der Waals surface area contributed by atoms with Gasteiger partial charge in [-0.2, -0.15) is 0 Å². The molecule has 4 rings (SSSR count). The molecule has 1 saturated carbocycles. The molecule has 0 spiro atoms. The predicted molar refractivity (Wildman–Crippen MR) is 141 cm³/mol. The van der Waals surface area contributed by atoms with Crippen LogP contribution in [0.3, 0.4) is 0 Å². The van der Waals surface area contributed by atoms with Crippen molar-refractivity contribution < 1.29 is 18.4 Å². The lowest BCUT2D eigenvalue weighted by Gasteiger charge is -2.12. The van der Waals surface area contributed by atoms with Crippen LogP contribution in [-0.4, -0.2) is 16.1 Å². The van der Waals surface area contributed by atoms with E-state index in [0.717, 1.165) is 6.07 Å². The summed E-state index contributed by atoms with van der Waals surface area (Å²) in [6.45, 7) is 0. The van der Waals surface area contributed by atoms with E-state index in [0.29, 0.717) is 11.6 Å². The number of benzene rings is 3. The van der Waals surface area contributed by atoms with Crippen molar-refractivity contribution in [2.24, 2.45) is 5.92 Å². The summed E-state index contributed by atoms with van der Waals surface area (Å²) >= 11 is 37.0. The number of hydrogen-bond donors (Lipinski definition) is 3. The van der Waals surface area contributed by atoms with Gasteiger partial charge in [0.2, 0.25) is 5.91 Å². The first-order valence-electron chi connectivity index (χ1n) is 9.99. The van der Waals surface area contributed by atoms with E-state index in [9.17, 15) is 18.4 Å². The predicted octanol–water partition coefficient (Wildman–Crippen LogP) is 7.94. The van der Waals surface area contributed by atoms with Crippen LogP contribution < -0.4 is 16.4 Å². The second-order valence-electron chi connectivity index (χ2n) is 7.92. The van der Waals surface area contributed by atoms with Crippen molar-refractivity contribution in [1.29, 1.82) is 0 Å². The highest BCUT2D eigenvalue weighted by Crippen LogP contribution is 2.65. The van der Waals surface area contributed by atoms with Gasteiger partial charge in [0.25, 0.3) is 5.91 Å².